The van der Waals surface area contributed by atoms with Gasteiger partial charge in [-0.1, -0.05) is 67.3 Å². The SMILES string of the molecule is Cn1c(-c2ccc(Cl)cc2)c(C2CCCCC2)c2sc(C(=O)O)c(CN3Cc4ccccc4C3)c21. The number of carbonyl (C=O) groups is 1. The molecule has 6 heteroatoms. The van der Waals surface area contributed by atoms with Crippen LogP contribution in [-0.4, -0.2) is 20.5 Å². The summed E-state index contributed by atoms with van der Waals surface area (Å²) in [5.74, 6) is -0.358. The van der Waals surface area contributed by atoms with Crippen LogP contribution in [0.2, 0.25) is 5.02 Å². The number of halogens is 1. The van der Waals surface area contributed by atoms with Gasteiger partial charge < -0.3 is 9.67 Å². The van der Waals surface area contributed by atoms with E-state index in [0.29, 0.717) is 17.3 Å². The van der Waals surface area contributed by atoms with Gasteiger partial charge in [0.1, 0.15) is 4.88 Å². The van der Waals surface area contributed by atoms with Gasteiger partial charge in [0.05, 0.1) is 15.9 Å². The summed E-state index contributed by atoms with van der Waals surface area (Å²) in [6, 6.07) is 16.6. The van der Waals surface area contributed by atoms with Gasteiger partial charge in [0.25, 0.3) is 0 Å². The fourth-order valence-electron chi connectivity index (χ4n) is 6.18. The molecule has 1 N–H and O–H groups in total. The molecule has 1 aliphatic heterocycles. The van der Waals surface area contributed by atoms with Crippen molar-refractivity contribution in [2.45, 2.75) is 57.7 Å². The molecule has 0 bridgehead atoms. The van der Waals surface area contributed by atoms with E-state index in [1.165, 1.54) is 53.0 Å². The summed E-state index contributed by atoms with van der Waals surface area (Å²) in [6.07, 6.45) is 6.08. The van der Waals surface area contributed by atoms with Crippen molar-refractivity contribution in [2.24, 2.45) is 7.05 Å². The average Bonchev–Trinajstić information content (AvgIpc) is 3.52. The van der Waals surface area contributed by atoms with Crippen LogP contribution in [0.15, 0.2) is 48.5 Å². The average molecular weight is 505 g/mol. The van der Waals surface area contributed by atoms with E-state index in [1.807, 2.05) is 12.1 Å². The van der Waals surface area contributed by atoms with Crippen molar-refractivity contribution in [2.75, 3.05) is 0 Å². The van der Waals surface area contributed by atoms with Crippen LogP contribution in [0.1, 0.15) is 69.9 Å². The molecule has 0 radical (unpaired) electrons. The van der Waals surface area contributed by atoms with Gasteiger partial charge in [-0.25, -0.2) is 4.79 Å². The Morgan fingerprint density at radius 2 is 1.69 bits per heavy atom. The zero-order chi connectivity index (χ0) is 24.1. The van der Waals surface area contributed by atoms with Gasteiger partial charge in [-0.15, -0.1) is 11.3 Å². The standard InChI is InChI=1S/C29H29ClN2O2S/c1-31-25(19-11-13-22(30)14-12-19)24(18-7-3-2-4-8-18)28-26(31)23(27(35-28)29(33)34)17-32-15-20-9-5-6-10-21(20)16-32/h5-6,9-14,18H,2-4,7-8,15-17H2,1H3,(H,33,34). The fourth-order valence-corrected chi connectivity index (χ4v) is 7.61. The first kappa shape index (κ1) is 22.8. The van der Waals surface area contributed by atoms with E-state index in [2.05, 4.69) is 52.9 Å². The number of rotatable bonds is 5. The van der Waals surface area contributed by atoms with Crippen LogP contribution in [0.5, 0.6) is 0 Å². The lowest BCUT2D eigenvalue weighted by molar-refractivity contribution is 0.0700. The number of fused-ring (bicyclic) bond motifs is 2. The summed E-state index contributed by atoms with van der Waals surface area (Å²) < 4.78 is 3.43. The van der Waals surface area contributed by atoms with Gasteiger partial charge >= 0.3 is 5.97 Å². The topological polar surface area (TPSA) is 45.5 Å². The third kappa shape index (κ3) is 4.00. The molecule has 2 aliphatic rings. The number of benzene rings is 2. The van der Waals surface area contributed by atoms with E-state index in [4.69, 9.17) is 11.6 Å². The Balaban J connectivity index is 1.52. The molecule has 1 saturated carbocycles. The summed E-state index contributed by atoms with van der Waals surface area (Å²) in [4.78, 5) is 15.3. The molecule has 0 amide bonds. The maximum absolute atomic E-state index is 12.4. The first-order chi connectivity index (χ1) is 17.0. The zero-order valence-electron chi connectivity index (χ0n) is 19.9. The highest BCUT2D eigenvalue weighted by molar-refractivity contribution is 7.21. The maximum atomic E-state index is 12.4. The molecule has 0 atom stereocenters. The number of aryl methyl sites for hydroxylation is 1. The lowest BCUT2D eigenvalue weighted by Gasteiger charge is -2.23. The van der Waals surface area contributed by atoms with Crippen molar-refractivity contribution in [1.29, 1.82) is 0 Å². The molecular formula is C29H29ClN2O2S. The minimum absolute atomic E-state index is 0.460. The number of hydrogen-bond donors (Lipinski definition) is 1. The van der Waals surface area contributed by atoms with E-state index < -0.39 is 5.97 Å². The van der Waals surface area contributed by atoms with Crippen molar-refractivity contribution >= 4 is 39.1 Å². The maximum Gasteiger partial charge on any atom is 0.346 e. The highest BCUT2D eigenvalue weighted by atomic mass is 35.5. The van der Waals surface area contributed by atoms with E-state index in [-0.39, 0.29) is 0 Å². The second-order valence-electron chi connectivity index (χ2n) is 9.97. The van der Waals surface area contributed by atoms with Crippen LogP contribution in [0.3, 0.4) is 0 Å². The van der Waals surface area contributed by atoms with Gasteiger partial charge in [-0.05, 0) is 53.1 Å². The molecule has 180 valence electrons. The first-order valence-electron chi connectivity index (χ1n) is 12.4. The molecule has 4 nitrogen and oxygen atoms in total. The Labute approximate surface area is 214 Å². The number of aromatic carboxylic acids is 1. The normalized spacial score (nSPS) is 16.7. The molecule has 2 aromatic carbocycles. The second-order valence-corrected chi connectivity index (χ2v) is 11.4. The van der Waals surface area contributed by atoms with Gasteiger partial charge in [-0.2, -0.15) is 0 Å². The summed E-state index contributed by atoms with van der Waals surface area (Å²) in [7, 11) is 2.11. The summed E-state index contributed by atoms with van der Waals surface area (Å²) in [6.45, 7) is 2.35. The number of carboxylic acid groups (broad SMARTS) is 1. The highest BCUT2D eigenvalue weighted by Crippen LogP contribution is 2.48. The van der Waals surface area contributed by atoms with Crippen LogP contribution in [0.4, 0.5) is 0 Å². The Bertz CT molecular complexity index is 1390. The molecule has 2 aromatic heterocycles. The molecular weight excluding hydrogens is 476 g/mol. The van der Waals surface area contributed by atoms with Crippen molar-refractivity contribution in [3.8, 4) is 11.3 Å². The molecule has 1 aliphatic carbocycles. The first-order valence-corrected chi connectivity index (χ1v) is 13.6. The molecule has 0 saturated heterocycles. The Morgan fingerprint density at radius 1 is 1.03 bits per heavy atom. The van der Waals surface area contributed by atoms with Crippen LogP contribution >= 0.6 is 22.9 Å². The van der Waals surface area contributed by atoms with Crippen LogP contribution in [0.25, 0.3) is 21.5 Å². The van der Waals surface area contributed by atoms with Crippen molar-refractivity contribution in [3.63, 3.8) is 0 Å². The van der Waals surface area contributed by atoms with Crippen LogP contribution < -0.4 is 0 Å². The number of thiophene rings is 1. The summed E-state index contributed by atoms with van der Waals surface area (Å²) >= 11 is 7.70. The predicted molar refractivity (Wildman–Crippen MR) is 143 cm³/mol. The highest BCUT2D eigenvalue weighted by Gasteiger charge is 2.32. The van der Waals surface area contributed by atoms with E-state index in [0.717, 1.165) is 52.3 Å². The van der Waals surface area contributed by atoms with Gasteiger partial charge in [0.15, 0.2) is 0 Å². The van der Waals surface area contributed by atoms with E-state index in [1.54, 1.807) is 0 Å². The number of nitrogens with zero attached hydrogens (tertiary/aromatic N) is 2. The minimum Gasteiger partial charge on any atom is -0.477 e. The van der Waals surface area contributed by atoms with Crippen LogP contribution in [-0.2, 0) is 26.7 Å². The fraction of sp³-hybridized carbons (Fsp3) is 0.345. The number of carboxylic acids is 1. The Hall–Kier alpha value is -2.60. The Kier molecular flexibility index (Phi) is 5.95. The van der Waals surface area contributed by atoms with E-state index >= 15 is 0 Å². The molecule has 1 fully saturated rings. The lowest BCUT2D eigenvalue weighted by atomic mass is 9.83. The van der Waals surface area contributed by atoms with Crippen molar-refractivity contribution in [1.82, 2.24) is 9.47 Å². The summed E-state index contributed by atoms with van der Waals surface area (Å²) in [5.41, 5.74) is 8.43. The predicted octanol–water partition coefficient (Wildman–Crippen LogP) is 7.82. The summed E-state index contributed by atoms with van der Waals surface area (Å²) in [5, 5.41) is 10.9. The zero-order valence-corrected chi connectivity index (χ0v) is 21.5. The number of hydrogen-bond acceptors (Lipinski definition) is 3. The molecule has 4 aromatic rings. The van der Waals surface area contributed by atoms with Crippen molar-refractivity contribution in [3.05, 3.63) is 80.7 Å². The monoisotopic (exact) mass is 504 g/mol. The van der Waals surface area contributed by atoms with E-state index in [9.17, 15) is 9.90 Å². The van der Waals surface area contributed by atoms with Crippen LogP contribution in [0, 0.1) is 0 Å². The van der Waals surface area contributed by atoms with Crippen molar-refractivity contribution < 1.29 is 9.90 Å². The largest absolute Gasteiger partial charge is 0.477 e. The second kappa shape index (κ2) is 9.12. The Morgan fingerprint density at radius 3 is 2.31 bits per heavy atom. The third-order valence-corrected chi connectivity index (χ3v) is 9.26. The quantitative estimate of drug-likeness (QED) is 0.301. The number of aromatic nitrogens is 1. The van der Waals surface area contributed by atoms with Gasteiger partial charge in [0, 0.05) is 37.3 Å². The van der Waals surface area contributed by atoms with Gasteiger partial charge in [0.2, 0.25) is 0 Å². The molecule has 6 rings (SSSR count). The van der Waals surface area contributed by atoms with Gasteiger partial charge in [-0.3, -0.25) is 4.90 Å². The molecule has 35 heavy (non-hydrogen) atoms. The molecule has 0 spiro atoms. The smallest absolute Gasteiger partial charge is 0.346 e. The lowest BCUT2D eigenvalue weighted by Crippen LogP contribution is -2.17. The third-order valence-electron chi connectivity index (χ3n) is 7.76. The molecule has 3 heterocycles. The minimum atomic E-state index is -0.819. The molecule has 0 unspecified atom stereocenters.